The molecule has 1 aromatic carbocycles. The van der Waals surface area contributed by atoms with E-state index in [1.54, 1.807) is 6.07 Å². The molecule has 1 fully saturated rings. The van der Waals surface area contributed by atoms with Gasteiger partial charge >= 0.3 is 6.18 Å². The molecule has 116 valence electrons. The number of alkyl halides is 3. The Labute approximate surface area is 120 Å². The number of carbonyl (C=O) groups is 1. The van der Waals surface area contributed by atoms with Crippen LogP contribution in [0.2, 0.25) is 0 Å². The zero-order valence-electron chi connectivity index (χ0n) is 11.4. The second-order valence-corrected chi connectivity index (χ2v) is 5.10. The molecule has 1 aliphatic rings. The topological polar surface area (TPSA) is 55.6 Å². The number of halogens is 3. The predicted molar refractivity (Wildman–Crippen MR) is 70.5 cm³/mol. The van der Waals surface area contributed by atoms with Crippen molar-refractivity contribution in [3.8, 4) is 0 Å². The maximum Gasteiger partial charge on any atom is 0.416 e. The first-order valence-corrected chi connectivity index (χ1v) is 6.63. The van der Waals surface area contributed by atoms with Gasteiger partial charge in [-0.05, 0) is 18.1 Å². The van der Waals surface area contributed by atoms with E-state index in [1.165, 1.54) is 6.07 Å². The van der Waals surface area contributed by atoms with Crippen molar-refractivity contribution < 1.29 is 22.7 Å². The van der Waals surface area contributed by atoms with Crippen LogP contribution in [0.1, 0.15) is 11.1 Å². The van der Waals surface area contributed by atoms with Crippen LogP contribution in [0.5, 0.6) is 0 Å². The average molecular weight is 302 g/mol. The van der Waals surface area contributed by atoms with Crippen LogP contribution in [0.25, 0.3) is 0 Å². The van der Waals surface area contributed by atoms with Gasteiger partial charge in [0.25, 0.3) is 0 Å². The maximum absolute atomic E-state index is 12.7. The van der Waals surface area contributed by atoms with Gasteiger partial charge in [0.1, 0.15) is 0 Å². The summed E-state index contributed by atoms with van der Waals surface area (Å²) in [6, 6.07) is 5.22. The first kappa shape index (κ1) is 15.8. The minimum absolute atomic E-state index is 0.141. The molecule has 0 spiro atoms. The number of ether oxygens (including phenoxy) is 1. The summed E-state index contributed by atoms with van der Waals surface area (Å²) in [5.74, 6) is -0.422. The van der Waals surface area contributed by atoms with Gasteiger partial charge in [-0.2, -0.15) is 13.2 Å². The number of hydrogen-bond acceptors (Lipinski definition) is 3. The molecular formula is C14H17F3N2O2. The van der Waals surface area contributed by atoms with E-state index in [9.17, 15) is 18.0 Å². The van der Waals surface area contributed by atoms with E-state index in [-0.39, 0.29) is 12.6 Å². The number of carbonyl (C=O) groups excluding carboxylic acids is 1. The number of hydrogen-bond donors (Lipinski definition) is 1. The molecule has 0 aliphatic carbocycles. The fourth-order valence-corrected chi connectivity index (χ4v) is 2.41. The van der Waals surface area contributed by atoms with Crippen molar-refractivity contribution in [2.45, 2.75) is 18.7 Å². The first-order chi connectivity index (χ1) is 9.84. The molecule has 0 saturated carbocycles. The second kappa shape index (κ2) is 6.44. The molecule has 7 heteroatoms. The molecule has 0 aromatic heterocycles. The highest BCUT2D eigenvalue weighted by Crippen LogP contribution is 2.29. The zero-order valence-corrected chi connectivity index (χ0v) is 11.4. The molecule has 1 unspecified atom stereocenters. The minimum Gasteiger partial charge on any atom is -0.375 e. The van der Waals surface area contributed by atoms with Crippen molar-refractivity contribution in [1.29, 1.82) is 0 Å². The summed E-state index contributed by atoms with van der Waals surface area (Å²) < 4.78 is 43.5. The van der Waals surface area contributed by atoms with Crippen LogP contribution in [0.3, 0.4) is 0 Å². The highest BCUT2D eigenvalue weighted by atomic mass is 19.4. The molecule has 1 atom stereocenters. The Hall–Kier alpha value is -1.60. The summed E-state index contributed by atoms with van der Waals surface area (Å²) in [5.41, 5.74) is 5.05. The SMILES string of the molecule is NC(=O)CN1CCOC(Cc2cccc(C(F)(F)F)c2)C1. The first-order valence-electron chi connectivity index (χ1n) is 6.63. The lowest BCUT2D eigenvalue weighted by atomic mass is 10.0. The molecule has 1 aromatic rings. The second-order valence-electron chi connectivity index (χ2n) is 5.10. The van der Waals surface area contributed by atoms with Crippen LogP contribution in [-0.4, -0.2) is 43.2 Å². The van der Waals surface area contributed by atoms with Crippen LogP contribution in [0.15, 0.2) is 24.3 Å². The van der Waals surface area contributed by atoms with E-state index < -0.39 is 17.6 Å². The van der Waals surface area contributed by atoms with Crippen molar-refractivity contribution in [3.63, 3.8) is 0 Å². The molecule has 1 amide bonds. The van der Waals surface area contributed by atoms with Gasteiger partial charge in [0, 0.05) is 13.1 Å². The van der Waals surface area contributed by atoms with Gasteiger partial charge in [-0.15, -0.1) is 0 Å². The molecule has 0 radical (unpaired) electrons. The summed E-state index contributed by atoms with van der Waals surface area (Å²) >= 11 is 0. The third kappa shape index (κ3) is 4.71. The van der Waals surface area contributed by atoms with Gasteiger partial charge in [0.15, 0.2) is 0 Å². The van der Waals surface area contributed by atoms with E-state index in [4.69, 9.17) is 10.5 Å². The third-order valence-corrected chi connectivity index (χ3v) is 3.32. The molecule has 1 aliphatic heterocycles. The van der Waals surface area contributed by atoms with Gasteiger partial charge in [-0.3, -0.25) is 9.69 Å². The number of amides is 1. The van der Waals surface area contributed by atoms with Crippen LogP contribution < -0.4 is 5.73 Å². The lowest BCUT2D eigenvalue weighted by Gasteiger charge is -2.32. The summed E-state index contributed by atoms with van der Waals surface area (Å²) in [6.45, 7) is 1.67. The van der Waals surface area contributed by atoms with Crippen LogP contribution in [0.4, 0.5) is 13.2 Å². The Morgan fingerprint density at radius 1 is 1.43 bits per heavy atom. The van der Waals surface area contributed by atoms with Crippen molar-refractivity contribution in [2.24, 2.45) is 5.73 Å². The fourth-order valence-electron chi connectivity index (χ4n) is 2.41. The van der Waals surface area contributed by atoms with Gasteiger partial charge in [0.05, 0.1) is 24.8 Å². The number of nitrogens with two attached hydrogens (primary N) is 1. The van der Waals surface area contributed by atoms with Crippen LogP contribution in [-0.2, 0) is 22.1 Å². The standard InChI is InChI=1S/C14H17F3N2O2/c15-14(16,17)11-3-1-2-10(6-11)7-12-8-19(4-5-21-12)9-13(18)20/h1-3,6,12H,4-5,7-9H2,(H2,18,20). The Bertz CT molecular complexity index is 505. The van der Waals surface area contributed by atoms with Crippen molar-refractivity contribution in [1.82, 2.24) is 4.90 Å². The quantitative estimate of drug-likeness (QED) is 0.915. The number of primary amides is 1. The molecule has 2 N–H and O–H groups in total. The van der Waals surface area contributed by atoms with Crippen molar-refractivity contribution in [2.75, 3.05) is 26.2 Å². The van der Waals surface area contributed by atoms with Gasteiger partial charge in [-0.25, -0.2) is 0 Å². The number of rotatable bonds is 4. The van der Waals surface area contributed by atoms with Crippen LogP contribution in [0, 0.1) is 0 Å². The maximum atomic E-state index is 12.7. The number of nitrogens with zero attached hydrogens (tertiary/aromatic N) is 1. The molecule has 4 nitrogen and oxygen atoms in total. The average Bonchev–Trinajstić information content (AvgIpc) is 2.37. The Morgan fingerprint density at radius 2 is 2.19 bits per heavy atom. The molecule has 0 bridgehead atoms. The Kier molecular flexibility index (Phi) is 4.84. The van der Waals surface area contributed by atoms with Crippen molar-refractivity contribution >= 4 is 5.91 Å². The highest BCUT2D eigenvalue weighted by molar-refractivity contribution is 5.75. The lowest BCUT2D eigenvalue weighted by molar-refractivity contribution is -0.137. The van der Waals surface area contributed by atoms with Gasteiger partial charge < -0.3 is 10.5 Å². The summed E-state index contributed by atoms with van der Waals surface area (Å²) in [7, 11) is 0. The number of benzene rings is 1. The lowest BCUT2D eigenvalue weighted by Crippen LogP contribution is -2.46. The smallest absolute Gasteiger partial charge is 0.375 e. The zero-order chi connectivity index (χ0) is 15.5. The summed E-state index contributed by atoms with van der Waals surface area (Å²) in [5, 5.41) is 0. The largest absolute Gasteiger partial charge is 0.416 e. The van der Waals surface area contributed by atoms with Crippen molar-refractivity contribution in [3.05, 3.63) is 35.4 Å². The normalized spacial score (nSPS) is 20.4. The minimum atomic E-state index is -4.35. The predicted octanol–water partition coefficient (Wildman–Crippen LogP) is 1.43. The van der Waals surface area contributed by atoms with Gasteiger partial charge in [-0.1, -0.05) is 18.2 Å². The summed E-state index contributed by atoms with van der Waals surface area (Å²) in [6.07, 6.45) is -4.21. The molecule has 1 heterocycles. The van der Waals surface area contributed by atoms with E-state index >= 15 is 0 Å². The van der Waals surface area contributed by atoms with Gasteiger partial charge in [0.2, 0.25) is 5.91 Å². The monoisotopic (exact) mass is 302 g/mol. The Morgan fingerprint density at radius 3 is 2.86 bits per heavy atom. The molecular weight excluding hydrogens is 285 g/mol. The van der Waals surface area contributed by atoms with E-state index in [0.29, 0.717) is 31.7 Å². The molecule has 21 heavy (non-hydrogen) atoms. The third-order valence-electron chi connectivity index (χ3n) is 3.32. The summed E-state index contributed by atoms with van der Waals surface area (Å²) in [4.78, 5) is 12.8. The Balaban J connectivity index is 1.99. The number of morpholine rings is 1. The molecule has 1 saturated heterocycles. The van der Waals surface area contributed by atoms with Crippen LogP contribution >= 0.6 is 0 Å². The fraction of sp³-hybridized carbons (Fsp3) is 0.500. The van der Waals surface area contributed by atoms with E-state index in [1.807, 2.05) is 4.90 Å². The van der Waals surface area contributed by atoms with E-state index in [2.05, 4.69) is 0 Å². The van der Waals surface area contributed by atoms with E-state index in [0.717, 1.165) is 12.1 Å². The molecule has 2 rings (SSSR count). The highest BCUT2D eigenvalue weighted by Gasteiger charge is 2.30.